The van der Waals surface area contributed by atoms with Gasteiger partial charge in [-0.05, 0) is 55.4 Å². The maximum absolute atomic E-state index is 13.6. The van der Waals surface area contributed by atoms with Crippen molar-refractivity contribution in [2.45, 2.75) is 58.5 Å². The summed E-state index contributed by atoms with van der Waals surface area (Å²) < 4.78 is 13.6. The first-order valence-corrected chi connectivity index (χ1v) is 7.81. The Hall–Kier alpha value is -1.09. The summed E-state index contributed by atoms with van der Waals surface area (Å²) in [6, 6.07) is 5.93. The fourth-order valence-electron chi connectivity index (χ4n) is 2.65. The molecule has 1 atom stereocenters. The zero-order chi connectivity index (χ0) is 14.7. The number of nitrogens with zero attached hydrogens (tertiary/aromatic N) is 1. The average molecular weight is 278 g/mol. The van der Waals surface area contributed by atoms with Gasteiger partial charge in [0.05, 0.1) is 0 Å². The fourth-order valence-corrected chi connectivity index (χ4v) is 2.65. The van der Waals surface area contributed by atoms with Crippen LogP contribution >= 0.6 is 0 Å². The lowest BCUT2D eigenvalue weighted by atomic mass is 10.0. The molecule has 0 aliphatic heterocycles. The molecule has 20 heavy (non-hydrogen) atoms. The second-order valence-corrected chi connectivity index (χ2v) is 6.42. The SMILES string of the molecule is CCC(N)Cc1cc(F)ccc1N(CC(C)C)C1CC1. The summed E-state index contributed by atoms with van der Waals surface area (Å²) in [7, 11) is 0. The summed E-state index contributed by atoms with van der Waals surface area (Å²) in [5, 5.41) is 0. The highest BCUT2D eigenvalue weighted by Crippen LogP contribution is 2.35. The van der Waals surface area contributed by atoms with Gasteiger partial charge in [0.25, 0.3) is 0 Å². The number of anilines is 1. The van der Waals surface area contributed by atoms with Crippen molar-refractivity contribution in [1.82, 2.24) is 0 Å². The minimum atomic E-state index is -0.160. The predicted octanol–water partition coefficient (Wildman–Crippen LogP) is 3.73. The molecule has 1 aromatic carbocycles. The molecule has 0 spiro atoms. The number of benzene rings is 1. The van der Waals surface area contributed by atoms with Crippen LogP contribution in [0.3, 0.4) is 0 Å². The van der Waals surface area contributed by atoms with Gasteiger partial charge in [-0.25, -0.2) is 4.39 Å². The number of hydrogen-bond acceptors (Lipinski definition) is 2. The summed E-state index contributed by atoms with van der Waals surface area (Å²) in [6.07, 6.45) is 4.18. The quantitative estimate of drug-likeness (QED) is 0.823. The molecule has 1 aromatic rings. The summed E-state index contributed by atoms with van der Waals surface area (Å²) >= 11 is 0. The van der Waals surface area contributed by atoms with Crippen LogP contribution in [0.1, 0.15) is 45.6 Å². The van der Waals surface area contributed by atoms with Gasteiger partial charge in [-0.2, -0.15) is 0 Å². The molecule has 1 fully saturated rings. The number of hydrogen-bond donors (Lipinski definition) is 1. The summed E-state index contributed by atoms with van der Waals surface area (Å²) in [5.41, 5.74) is 8.32. The Morgan fingerprint density at radius 2 is 2.05 bits per heavy atom. The normalized spacial score (nSPS) is 16.5. The number of halogens is 1. The molecular formula is C17H27FN2. The van der Waals surface area contributed by atoms with Crippen LogP contribution in [0.15, 0.2) is 18.2 Å². The molecule has 0 aromatic heterocycles. The maximum atomic E-state index is 13.6. The molecule has 2 nitrogen and oxygen atoms in total. The lowest BCUT2D eigenvalue weighted by Gasteiger charge is -2.29. The van der Waals surface area contributed by atoms with Gasteiger partial charge < -0.3 is 10.6 Å². The Balaban J connectivity index is 2.27. The summed E-state index contributed by atoms with van der Waals surface area (Å²) in [5.74, 6) is 0.445. The zero-order valence-corrected chi connectivity index (χ0v) is 12.9. The van der Waals surface area contributed by atoms with Crippen molar-refractivity contribution in [3.63, 3.8) is 0 Å². The molecule has 1 saturated carbocycles. The number of nitrogens with two attached hydrogens (primary N) is 1. The third-order valence-electron chi connectivity index (χ3n) is 3.91. The van der Waals surface area contributed by atoms with E-state index in [-0.39, 0.29) is 11.9 Å². The molecule has 0 amide bonds. The first-order chi connectivity index (χ1) is 9.51. The molecule has 2 rings (SSSR count). The first-order valence-electron chi connectivity index (χ1n) is 7.81. The second kappa shape index (κ2) is 6.57. The number of rotatable bonds is 7. The fraction of sp³-hybridized carbons (Fsp3) is 0.647. The Bertz CT molecular complexity index is 441. The molecule has 0 radical (unpaired) electrons. The van der Waals surface area contributed by atoms with Crippen molar-refractivity contribution in [2.24, 2.45) is 11.7 Å². The predicted molar refractivity (Wildman–Crippen MR) is 83.6 cm³/mol. The third-order valence-corrected chi connectivity index (χ3v) is 3.91. The van der Waals surface area contributed by atoms with Crippen LogP contribution in [-0.4, -0.2) is 18.6 Å². The maximum Gasteiger partial charge on any atom is 0.123 e. The minimum absolute atomic E-state index is 0.107. The van der Waals surface area contributed by atoms with E-state index < -0.39 is 0 Å². The summed E-state index contributed by atoms with van der Waals surface area (Å²) in [4.78, 5) is 2.46. The van der Waals surface area contributed by atoms with Crippen LogP contribution in [0.25, 0.3) is 0 Å². The van der Waals surface area contributed by atoms with Crippen LogP contribution in [0.4, 0.5) is 10.1 Å². The van der Waals surface area contributed by atoms with Crippen LogP contribution in [-0.2, 0) is 6.42 Å². The molecule has 1 aliphatic rings. The standard InChI is InChI=1S/C17H27FN2/c1-4-15(19)10-13-9-14(18)5-8-17(13)20(11-12(2)3)16-6-7-16/h5,8-9,12,15-16H,4,6-7,10-11,19H2,1-3H3. The van der Waals surface area contributed by atoms with E-state index in [0.717, 1.165) is 24.9 Å². The molecular weight excluding hydrogens is 251 g/mol. The van der Waals surface area contributed by atoms with E-state index in [9.17, 15) is 4.39 Å². The smallest absolute Gasteiger partial charge is 0.123 e. The van der Waals surface area contributed by atoms with Gasteiger partial charge >= 0.3 is 0 Å². The zero-order valence-electron chi connectivity index (χ0n) is 12.9. The van der Waals surface area contributed by atoms with Crippen LogP contribution in [0.2, 0.25) is 0 Å². The van der Waals surface area contributed by atoms with Gasteiger partial charge in [0, 0.05) is 24.3 Å². The van der Waals surface area contributed by atoms with Gasteiger partial charge in [-0.1, -0.05) is 20.8 Å². The van der Waals surface area contributed by atoms with E-state index >= 15 is 0 Å². The summed E-state index contributed by atoms with van der Waals surface area (Å²) in [6.45, 7) is 7.58. The van der Waals surface area contributed by atoms with Crippen molar-refractivity contribution in [3.8, 4) is 0 Å². The molecule has 0 saturated heterocycles. The Kier molecular flexibility index (Phi) is 5.03. The van der Waals surface area contributed by atoms with E-state index in [1.165, 1.54) is 18.5 Å². The first kappa shape index (κ1) is 15.3. The lowest BCUT2D eigenvalue weighted by Crippen LogP contribution is -2.32. The van der Waals surface area contributed by atoms with Gasteiger partial charge in [0.15, 0.2) is 0 Å². The van der Waals surface area contributed by atoms with Crippen LogP contribution in [0.5, 0.6) is 0 Å². The topological polar surface area (TPSA) is 29.3 Å². The highest BCUT2D eigenvalue weighted by molar-refractivity contribution is 5.56. The minimum Gasteiger partial charge on any atom is -0.368 e. The van der Waals surface area contributed by atoms with Crippen LogP contribution in [0, 0.1) is 11.7 Å². The monoisotopic (exact) mass is 278 g/mol. The van der Waals surface area contributed by atoms with E-state index in [4.69, 9.17) is 5.73 Å². The second-order valence-electron chi connectivity index (χ2n) is 6.42. The molecule has 112 valence electrons. The highest BCUT2D eigenvalue weighted by atomic mass is 19.1. The molecule has 0 bridgehead atoms. The van der Waals surface area contributed by atoms with Crippen molar-refractivity contribution >= 4 is 5.69 Å². The van der Waals surface area contributed by atoms with Gasteiger partial charge in [-0.15, -0.1) is 0 Å². The van der Waals surface area contributed by atoms with E-state index in [0.29, 0.717) is 12.0 Å². The van der Waals surface area contributed by atoms with Crippen LogP contribution < -0.4 is 10.6 Å². The van der Waals surface area contributed by atoms with Gasteiger partial charge in [0.1, 0.15) is 5.82 Å². The lowest BCUT2D eigenvalue weighted by molar-refractivity contribution is 0.593. The molecule has 2 N–H and O–H groups in total. The molecule has 1 unspecified atom stereocenters. The van der Waals surface area contributed by atoms with Gasteiger partial charge in [-0.3, -0.25) is 0 Å². The van der Waals surface area contributed by atoms with Gasteiger partial charge in [0.2, 0.25) is 0 Å². The molecule has 0 heterocycles. The van der Waals surface area contributed by atoms with Crippen molar-refractivity contribution in [2.75, 3.05) is 11.4 Å². The molecule has 1 aliphatic carbocycles. The Morgan fingerprint density at radius 1 is 1.35 bits per heavy atom. The molecule has 3 heteroatoms. The van der Waals surface area contributed by atoms with Crippen molar-refractivity contribution in [1.29, 1.82) is 0 Å². The van der Waals surface area contributed by atoms with Crippen molar-refractivity contribution < 1.29 is 4.39 Å². The average Bonchev–Trinajstić information content (AvgIpc) is 3.20. The Morgan fingerprint density at radius 3 is 2.60 bits per heavy atom. The highest BCUT2D eigenvalue weighted by Gasteiger charge is 2.30. The van der Waals surface area contributed by atoms with E-state index in [1.54, 1.807) is 12.1 Å². The Labute approximate surface area is 122 Å². The largest absolute Gasteiger partial charge is 0.368 e. The van der Waals surface area contributed by atoms with E-state index in [1.807, 2.05) is 6.07 Å². The van der Waals surface area contributed by atoms with Crippen molar-refractivity contribution in [3.05, 3.63) is 29.6 Å². The third kappa shape index (κ3) is 3.95. The van der Waals surface area contributed by atoms with E-state index in [2.05, 4.69) is 25.7 Å².